The molecule has 0 atom stereocenters. The van der Waals surface area contributed by atoms with E-state index in [2.05, 4.69) is 51.8 Å². The number of aryl methyl sites for hydroxylation is 3. The molecule has 26 heavy (non-hydrogen) atoms. The SMILES string of the molecule is Cc1ccc(CNc2cc(C(=O)Nc3ccc(C)c(C)c3)ncn2)cc1. The molecule has 3 rings (SSSR count). The standard InChI is InChI=1S/C21H22N4O/c1-14-4-7-17(8-5-14)12-22-20-11-19(23-13-24-20)21(26)25-18-9-6-15(2)16(3)10-18/h4-11,13H,12H2,1-3H3,(H,25,26)(H,22,23,24). The second-order valence-corrected chi connectivity index (χ2v) is 6.38. The van der Waals surface area contributed by atoms with Crippen LogP contribution in [0.4, 0.5) is 11.5 Å². The van der Waals surface area contributed by atoms with Crippen LogP contribution >= 0.6 is 0 Å². The molecule has 0 bridgehead atoms. The Balaban J connectivity index is 1.66. The topological polar surface area (TPSA) is 66.9 Å². The van der Waals surface area contributed by atoms with E-state index in [9.17, 15) is 4.79 Å². The summed E-state index contributed by atoms with van der Waals surface area (Å²) in [4.78, 5) is 20.7. The molecular weight excluding hydrogens is 324 g/mol. The number of nitrogens with zero attached hydrogens (tertiary/aromatic N) is 2. The molecule has 0 fully saturated rings. The van der Waals surface area contributed by atoms with Crippen molar-refractivity contribution in [2.75, 3.05) is 10.6 Å². The van der Waals surface area contributed by atoms with Crippen molar-refractivity contribution >= 4 is 17.4 Å². The first-order valence-electron chi connectivity index (χ1n) is 8.51. The van der Waals surface area contributed by atoms with Crippen molar-refractivity contribution in [3.63, 3.8) is 0 Å². The molecule has 0 aliphatic heterocycles. The van der Waals surface area contributed by atoms with E-state index in [-0.39, 0.29) is 5.91 Å². The van der Waals surface area contributed by atoms with Crippen molar-refractivity contribution in [3.8, 4) is 0 Å². The lowest BCUT2D eigenvalue weighted by atomic mass is 10.1. The lowest BCUT2D eigenvalue weighted by Gasteiger charge is -2.09. The third-order valence-corrected chi connectivity index (χ3v) is 4.26. The molecule has 0 spiro atoms. The minimum absolute atomic E-state index is 0.256. The van der Waals surface area contributed by atoms with E-state index in [0.29, 0.717) is 18.1 Å². The number of hydrogen-bond acceptors (Lipinski definition) is 4. The number of carbonyl (C=O) groups is 1. The van der Waals surface area contributed by atoms with Crippen LogP contribution in [0.1, 0.15) is 32.7 Å². The molecule has 0 unspecified atom stereocenters. The predicted molar refractivity (Wildman–Crippen MR) is 104 cm³/mol. The number of nitrogens with one attached hydrogen (secondary N) is 2. The van der Waals surface area contributed by atoms with E-state index in [1.54, 1.807) is 6.07 Å². The van der Waals surface area contributed by atoms with Crippen molar-refractivity contribution in [2.45, 2.75) is 27.3 Å². The number of anilines is 2. The van der Waals surface area contributed by atoms with Gasteiger partial charge in [0, 0.05) is 18.3 Å². The maximum absolute atomic E-state index is 12.4. The van der Waals surface area contributed by atoms with Crippen LogP contribution in [0.5, 0.6) is 0 Å². The van der Waals surface area contributed by atoms with Crippen LogP contribution in [0, 0.1) is 20.8 Å². The number of aromatic nitrogens is 2. The maximum atomic E-state index is 12.4. The lowest BCUT2D eigenvalue weighted by molar-refractivity contribution is 0.102. The van der Waals surface area contributed by atoms with Crippen molar-refractivity contribution in [1.82, 2.24) is 9.97 Å². The monoisotopic (exact) mass is 346 g/mol. The van der Waals surface area contributed by atoms with Gasteiger partial charge in [0.1, 0.15) is 17.8 Å². The lowest BCUT2D eigenvalue weighted by Crippen LogP contribution is -2.15. The Morgan fingerprint density at radius 2 is 1.69 bits per heavy atom. The van der Waals surface area contributed by atoms with Gasteiger partial charge in [-0.3, -0.25) is 4.79 Å². The van der Waals surface area contributed by atoms with Gasteiger partial charge in [-0.2, -0.15) is 0 Å². The molecule has 2 N–H and O–H groups in total. The molecule has 0 radical (unpaired) electrons. The Morgan fingerprint density at radius 1 is 0.923 bits per heavy atom. The van der Waals surface area contributed by atoms with E-state index >= 15 is 0 Å². The molecule has 0 aliphatic carbocycles. The zero-order valence-corrected chi connectivity index (χ0v) is 15.2. The summed E-state index contributed by atoms with van der Waals surface area (Å²) in [7, 11) is 0. The Bertz CT molecular complexity index is 920. The van der Waals surface area contributed by atoms with Gasteiger partial charge in [0.05, 0.1) is 0 Å². The van der Waals surface area contributed by atoms with Gasteiger partial charge < -0.3 is 10.6 Å². The summed E-state index contributed by atoms with van der Waals surface area (Å²) < 4.78 is 0. The van der Waals surface area contributed by atoms with Crippen LogP contribution in [-0.2, 0) is 6.54 Å². The molecule has 1 heterocycles. The minimum Gasteiger partial charge on any atom is -0.366 e. The van der Waals surface area contributed by atoms with Crippen molar-refractivity contribution < 1.29 is 4.79 Å². The fourth-order valence-electron chi connectivity index (χ4n) is 2.49. The number of hydrogen-bond donors (Lipinski definition) is 2. The minimum atomic E-state index is -0.256. The Kier molecular flexibility index (Phi) is 5.27. The Labute approximate surface area is 153 Å². The molecule has 132 valence electrons. The van der Waals surface area contributed by atoms with Gasteiger partial charge in [-0.1, -0.05) is 35.9 Å². The first-order chi connectivity index (χ1) is 12.5. The third-order valence-electron chi connectivity index (χ3n) is 4.26. The van der Waals surface area contributed by atoms with Crippen molar-refractivity contribution in [3.05, 3.63) is 82.8 Å². The fraction of sp³-hybridized carbons (Fsp3) is 0.190. The molecule has 1 aromatic heterocycles. The van der Waals surface area contributed by atoms with Crippen LogP contribution in [-0.4, -0.2) is 15.9 Å². The quantitative estimate of drug-likeness (QED) is 0.724. The smallest absolute Gasteiger partial charge is 0.274 e. The number of rotatable bonds is 5. The maximum Gasteiger partial charge on any atom is 0.274 e. The van der Waals surface area contributed by atoms with Gasteiger partial charge >= 0.3 is 0 Å². The van der Waals surface area contributed by atoms with Gasteiger partial charge in [0.2, 0.25) is 0 Å². The van der Waals surface area contributed by atoms with E-state index in [0.717, 1.165) is 16.8 Å². The average molecular weight is 346 g/mol. The molecule has 2 aromatic carbocycles. The van der Waals surface area contributed by atoms with E-state index < -0.39 is 0 Å². The van der Waals surface area contributed by atoms with Gasteiger partial charge in [-0.05, 0) is 49.6 Å². The first kappa shape index (κ1) is 17.6. The van der Waals surface area contributed by atoms with Crippen LogP contribution in [0.3, 0.4) is 0 Å². The summed E-state index contributed by atoms with van der Waals surface area (Å²) in [6.07, 6.45) is 1.40. The van der Waals surface area contributed by atoms with E-state index in [1.807, 2.05) is 32.0 Å². The van der Waals surface area contributed by atoms with Crippen LogP contribution in [0.2, 0.25) is 0 Å². The normalized spacial score (nSPS) is 10.4. The molecule has 0 aliphatic rings. The highest BCUT2D eigenvalue weighted by molar-refractivity contribution is 6.03. The molecule has 0 saturated carbocycles. The van der Waals surface area contributed by atoms with Crippen LogP contribution in [0.15, 0.2) is 54.9 Å². The summed E-state index contributed by atoms with van der Waals surface area (Å²) in [6, 6.07) is 15.7. The van der Waals surface area contributed by atoms with E-state index in [4.69, 9.17) is 0 Å². The average Bonchev–Trinajstić information content (AvgIpc) is 2.64. The second-order valence-electron chi connectivity index (χ2n) is 6.38. The van der Waals surface area contributed by atoms with Gasteiger partial charge in [0.25, 0.3) is 5.91 Å². The van der Waals surface area contributed by atoms with Crippen LogP contribution in [0.25, 0.3) is 0 Å². The summed E-state index contributed by atoms with van der Waals surface area (Å²) >= 11 is 0. The zero-order chi connectivity index (χ0) is 18.5. The highest BCUT2D eigenvalue weighted by atomic mass is 16.1. The van der Waals surface area contributed by atoms with Gasteiger partial charge in [-0.25, -0.2) is 9.97 Å². The third kappa shape index (κ3) is 4.45. The zero-order valence-electron chi connectivity index (χ0n) is 15.2. The molecule has 1 amide bonds. The molecule has 3 aromatic rings. The molecule has 5 heteroatoms. The predicted octanol–water partition coefficient (Wildman–Crippen LogP) is 4.27. The number of amides is 1. The molecular formula is C21H22N4O. The van der Waals surface area contributed by atoms with Crippen molar-refractivity contribution in [2.24, 2.45) is 0 Å². The largest absolute Gasteiger partial charge is 0.366 e. The molecule has 5 nitrogen and oxygen atoms in total. The Morgan fingerprint density at radius 3 is 2.42 bits per heavy atom. The highest BCUT2D eigenvalue weighted by Crippen LogP contribution is 2.15. The first-order valence-corrected chi connectivity index (χ1v) is 8.51. The van der Waals surface area contributed by atoms with E-state index in [1.165, 1.54) is 17.5 Å². The number of benzene rings is 2. The van der Waals surface area contributed by atoms with Crippen LogP contribution < -0.4 is 10.6 Å². The van der Waals surface area contributed by atoms with Gasteiger partial charge in [-0.15, -0.1) is 0 Å². The second kappa shape index (κ2) is 7.78. The molecule has 0 saturated heterocycles. The summed E-state index contributed by atoms with van der Waals surface area (Å²) in [5.41, 5.74) is 5.77. The van der Waals surface area contributed by atoms with Crippen molar-refractivity contribution in [1.29, 1.82) is 0 Å². The highest BCUT2D eigenvalue weighted by Gasteiger charge is 2.10. The number of carbonyl (C=O) groups excluding carboxylic acids is 1. The fourth-order valence-corrected chi connectivity index (χ4v) is 2.49. The summed E-state index contributed by atoms with van der Waals surface area (Å²) in [5.74, 6) is 0.361. The Hall–Kier alpha value is -3.21. The summed E-state index contributed by atoms with van der Waals surface area (Å²) in [6.45, 7) is 6.75. The van der Waals surface area contributed by atoms with Gasteiger partial charge in [0.15, 0.2) is 0 Å². The summed E-state index contributed by atoms with van der Waals surface area (Å²) in [5, 5.41) is 6.10.